The van der Waals surface area contributed by atoms with Crippen molar-refractivity contribution >= 4 is 21.8 Å². The van der Waals surface area contributed by atoms with Crippen LogP contribution >= 0.6 is 15.9 Å². The highest BCUT2D eigenvalue weighted by atomic mass is 79.9. The Morgan fingerprint density at radius 3 is 2.60 bits per heavy atom. The van der Waals surface area contributed by atoms with Gasteiger partial charge in [0.1, 0.15) is 0 Å². The van der Waals surface area contributed by atoms with Gasteiger partial charge in [-0.15, -0.1) is 0 Å². The van der Waals surface area contributed by atoms with Crippen LogP contribution in [0.3, 0.4) is 0 Å². The minimum absolute atomic E-state index is 0.256. The number of carbonyl (C=O) groups is 1. The Bertz CT molecular complexity index is 204. The molecule has 0 bridgehead atoms. The van der Waals surface area contributed by atoms with Gasteiger partial charge >= 0.3 is 0 Å². The van der Waals surface area contributed by atoms with Gasteiger partial charge in [-0.1, -0.05) is 29.3 Å². The summed E-state index contributed by atoms with van der Waals surface area (Å²) in [5.41, 5.74) is 0. The molecule has 1 atom stereocenters. The number of unbranched alkanes of at least 4 members (excludes halogenated alkanes) is 2. The Morgan fingerprint density at radius 1 is 1.40 bits per heavy atom. The van der Waals surface area contributed by atoms with Gasteiger partial charge in [0.15, 0.2) is 0 Å². The van der Waals surface area contributed by atoms with E-state index < -0.39 is 0 Å². The highest BCUT2D eigenvalue weighted by Crippen LogP contribution is 2.37. The van der Waals surface area contributed by atoms with Gasteiger partial charge in [-0.25, -0.2) is 0 Å². The van der Waals surface area contributed by atoms with E-state index in [9.17, 15) is 4.79 Å². The van der Waals surface area contributed by atoms with Gasteiger partial charge in [0.2, 0.25) is 5.91 Å². The van der Waals surface area contributed by atoms with Crippen LogP contribution in [0.5, 0.6) is 0 Å². The molecule has 1 amide bonds. The van der Waals surface area contributed by atoms with Crippen LogP contribution in [-0.4, -0.2) is 29.7 Å². The number of hydrogen-bond donors (Lipinski definition) is 0. The van der Waals surface area contributed by atoms with Crippen LogP contribution in [0.2, 0.25) is 0 Å². The van der Waals surface area contributed by atoms with Crippen LogP contribution in [0.25, 0.3) is 0 Å². The summed E-state index contributed by atoms with van der Waals surface area (Å²) in [4.78, 5) is 13.8. The third-order valence-electron chi connectivity index (χ3n) is 3.22. The minimum Gasteiger partial charge on any atom is -0.346 e. The van der Waals surface area contributed by atoms with E-state index in [2.05, 4.69) is 22.9 Å². The summed E-state index contributed by atoms with van der Waals surface area (Å²) in [6.07, 6.45) is 6.06. The third kappa shape index (κ3) is 4.54. The molecule has 0 aliphatic heterocycles. The van der Waals surface area contributed by atoms with E-state index in [0.717, 1.165) is 18.3 Å². The van der Waals surface area contributed by atoms with E-state index >= 15 is 0 Å². The average molecular weight is 276 g/mol. The molecular weight excluding hydrogens is 254 g/mol. The number of alkyl halides is 1. The maximum Gasteiger partial charge on any atom is 0.225 e. The smallest absolute Gasteiger partial charge is 0.225 e. The van der Waals surface area contributed by atoms with E-state index in [1.54, 1.807) is 0 Å². The standard InChI is InChI=1S/C12H22BrNO/c1-10(11-6-7-11)12(15)14(2)9-5-3-4-8-13/h10-11H,3-9H2,1-2H3. The molecule has 88 valence electrons. The van der Waals surface area contributed by atoms with E-state index in [0.29, 0.717) is 11.8 Å². The number of rotatable bonds is 7. The molecular formula is C12H22BrNO. The summed E-state index contributed by atoms with van der Waals surface area (Å²) in [7, 11) is 1.94. The summed E-state index contributed by atoms with van der Waals surface area (Å²) in [5.74, 6) is 1.28. The molecule has 0 heterocycles. The maximum atomic E-state index is 11.9. The molecule has 1 unspecified atom stereocenters. The molecule has 0 radical (unpaired) electrons. The summed E-state index contributed by atoms with van der Waals surface area (Å²) in [5, 5.41) is 1.07. The molecule has 1 saturated carbocycles. The van der Waals surface area contributed by atoms with Gasteiger partial charge in [0.05, 0.1) is 0 Å². The molecule has 0 saturated heterocycles. The van der Waals surface area contributed by atoms with Gasteiger partial charge in [-0.05, 0) is 31.6 Å². The Kier molecular flexibility index (Phi) is 5.65. The lowest BCUT2D eigenvalue weighted by Gasteiger charge is -2.21. The lowest BCUT2D eigenvalue weighted by molar-refractivity contribution is -0.134. The lowest BCUT2D eigenvalue weighted by atomic mass is 10.1. The Balaban J connectivity index is 2.14. The Labute approximate surface area is 102 Å². The zero-order chi connectivity index (χ0) is 11.3. The second kappa shape index (κ2) is 6.51. The van der Waals surface area contributed by atoms with Gasteiger partial charge in [-0.3, -0.25) is 4.79 Å². The first-order valence-electron chi connectivity index (χ1n) is 5.97. The first-order valence-corrected chi connectivity index (χ1v) is 7.10. The van der Waals surface area contributed by atoms with Crippen molar-refractivity contribution in [1.29, 1.82) is 0 Å². The quantitative estimate of drug-likeness (QED) is 0.517. The maximum absolute atomic E-state index is 11.9. The number of carbonyl (C=O) groups excluding carboxylic acids is 1. The van der Waals surface area contributed by atoms with Crippen molar-refractivity contribution in [3.63, 3.8) is 0 Å². The van der Waals surface area contributed by atoms with Crippen molar-refractivity contribution < 1.29 is 4.79 Å². The van der Waals surface area contributed by atoms with E-state index in [4.69, 9.17) is 0 Å². The average Bonchev–Trinajstić information content (AvgIpc) is 3.05. The highest BCUT2D eigenvalue weighted by Gasteiger charge is 2.33. The van der Waals surface area contributed by atoms with Crippen LogP contribution in [0.15, 0.2) is 0 Å². The molecule has 0 aromatic carbocycles. The molecule has 1 fully saturated rings. The fourth-order valence-corrected chi connectivity index (χ4v) is 2.27. The first-order chi connectivity index (χ1) is 7.16. The van der Waals surface area contributed by atoms with Gasteiger partial charge in [0, 0.05) is 24.8 Å². The molecule has 2 nitrogen and oxygen atoms in total. The van der Waals surface area contributed by atoms with Crippen molar-refractivity contribution in [3.05, 3.63) is 0 Å². The lowest BCUT2D eigenvalue weighted by Crippen LogP contribution is -2.33. The topological polar surface area (TPSA) is 20.3 Å². The number of nitrogens with zero attached hydrogens (tertiary/aromatic N) is 1. The SMILES string of the molecule is CC(C(=O)N(C)CCCCCBr)C1CC1. The van der Waals surface area contributed by atoms with Crippen LogP contribution in [0, 0.1) is 11.8 Å². The summed E-state index contributed by atoms with van der Waals surface area (Å²) < 4.78 is 0. The van der Waals surface area contributed by atoms with Crippen LogP contribution < -0.4 is 0 Å². The summed E-state index contributed by atoms with van der Waals surface area (Å²) in [6.45, 7) is 3.00. The minimum atomic E-state index is 0.256. The summed E-state index contributed by atoms with van der Waals surface area (Å²) in [6, 6.07) is 0. The molecule has 0 N–H and O–H groups in total. The van der Waals surface area contributed by atoms with Crippen LogP contribution in [0.4, 0.5) is 0 Å². The predicted octanol–water partition coefficient (Wildman–Crippen LogP) is 3.06. The Hall–Kier alpha value is -0.0500. The third-order valence-corrected chi connectivity index (χ3v) is 3.78. The number of halogens is 1. The van der Waals surface area contributed by atoms with Crippen molar-refractivity contribution in [1.82, 2.24) is 4.90 Å². The molecule has 3 heteroatoms. The highest BCUT2D eigenvalue weighted by molar-refractivity contribution is 9.09. The van der Waals surface area contributed by atoms with Gasteiger partial charge in [-0.2, -0.15) is 0 Å². The molecule has 1 aliphatic carbocycles. The molecule has 15 heavy (non-hydrogen) atoms. The zero-order valence-corrected chi connectivity index (χ0v) is 11.4. The number of hydrogen-bond acceptors (Lipinski definition) is 1. The summed E-state index contributed by atoms with van der Waals surface area (Å²) >= 11 is 3.42. The largest absolute Gasteiger partial charge is 0.346 e. The fourth-order valence-electron chi connectivity index (χ4n) is 1.88. The monoisotopic (exact) mass is 275 g/mol. The van der Waals surface area contributed by atoms with Crippen molar-refractivity contribution in [2.24, 2.45) is 11.8 Å². The molecule has 0 spiro atoms. The van der Waals surface area contributed by atoms with E-state index in [1.165, 1.54) is 25.7 Å². The fraction of sp³-hybridized carbons (Fsp3) is 0.917. The van der Waals surface area contributed by atoms with Crippen LogP contribution in [0.1, 0.15) is 39.0 Å². The van der Waals surface area contributed by atoms with E-state index in [-0.39, 0.29) is 5.92 Å². The van der Waals surface area contributed by atoms with Crippen molar-refractivity contribution in [2.75, 3.05) is 18.9 Å². The van der Waals surface area contributed by atoms with Crippen molar-refractivity contribution in [3.8, 4) is 0 Å². The molecule has 0 aromatic rings. The van der Waals surface area contributed by atoms with Gasteiger partial charge in [0.25, 0.3) is 0 Å². The first kappa shape index (κ1) is 13.0. The molecule has 0 aromatic heterocycles. The molecule has 1 aliphatic rings. The Morgan fingerprint density at radius 2 is 2.07 bits per heavy atom. The normalized spacial score (nSPS) is 17.5. The molecule has 1 rings (SSSR count). The second-order valence-corrected chi connectivity index (χ2v) is 5.43. The second-order valence-electron chi connectivity index (χ2n) is 4.64. The van der Waals surface area contributed by atoms with Gasteiger partial charge < -0.3 is 4.90 Å². The van der Waals surface area contributed by atoms with E-state index in [1.807, 2.05) is 11.9 Å². The van der Waals surface area contributed by atoms with Crippen LogP contribution in [-0.2, 0) is 4.79 Å². The van der Waals surface area contributed by atoms with Crippen molar-refractivity contribution in [2.45, 2.75) is 39.0 Å². The zero-order valence-electron chi connectivity index (χ0n) is 9.84. The number of amides is 1. The predicted molar refractivity (Wildman–Crippen MR) is 67.2 cm³/mol.